The largest absolute Gasteiger partial charge is 0.492 e. The Kier molecular flexibility index (Phi) is 11.7. The summed E-state index contributed by atoms with van der Waals surface area (Å²) in [6, 6.07) is 11.9. The fourth-order valence-electron chi connectivity index (χ4n) is 2.11. The highest BCUT2D eigenvalue weighted by Crippen LogP contribution is 2.20. The monoisotopic (exact) mass is 452 g/mol. The molecule has 0 aliphatic heterocycles. The molecule has 0 unspecified atom stereocenters. The summed E-state index contributed by atoms with van der Waals surface area (Å²) in [7, 11) is 0. The average Bonchev–Trinajstić information content (AvgIpc) is 2.76. The lowest BCUT2D eigenvalue weighted by Crippen LogP contribution is -2.23. The molecule has 31 heavy (non-hydrogen) atoms. The Bertz CT molecular complexity index is 846. The van der Waals surface area contributed by atoms with Crippen molar-refractivity contribution < 1.29 is 34.3 Å². The van der Waals surface area contributed by atoms with Gasteiger partial charge in [0.2, 0.25) is 12.8 Å². The standard InChI is InChI=1S/C11H13NO4.C10H12ClNO3/c1-9(14)10-2-4-11(5-3-10)16-7-6-12(15)8-13;1-8-6-9(2-3-10(8)11)15-5-4-12(14)7-13/h2-5,8,15H,6-7H2,1H3;2-3,6-7,14H,4-5H2,1H3. The number of ether oxygens (including phenoxy) is 2. The number of hydrogen-bond acceptors (Lipinski definition) is 7. The Hall–Kier alpha value is -3.14. The van der Waals surface area contributed by atoms with Crippen molar-refractivity contribution in [2.45, 2.75) is 13.8 Å². The lowest BCUT2D eigenvalue weighted by molar-refractivity contribution is -0.151. The molecule has 2 N–H and O–H groups in total. The zero-order valence-electron chi connectivity index (χ0n) is 17.2. The van der Waals surface area contributed by atoms with Crippen molar-refractivity contribution in [2.24, 2.45) is 0 Å². The van der Waals surface area contributed by atoms with Crippen LogP contribution >= 0.6 is 11.6 Å². The molecule has 2 aromatic carbocycles. The molecule has 2 rings (SSSR count). The van der Waals surface area contributed by atoms with Crippen LogP contribution in [0.3, 0.4) is 0 Å². The summed E-state index contributed by atoms with van der Waals surface area (Å²) in [4.78, 5) is 31.1. The van der Waals surface area contributed by atoms with E-state index in [9.17, 15) is 14.4 Å². The van der Waals surface area contributed by atoms with Crippen LogP contribution in [0, 0.1) is 6.92 Å². The van der Waals surface area contributed by atoms with E-state index in [0.717, 1.165) is 5.56 Å². The molecule has 0 saturated carbocycles. The first kappa shape index (κ1) is 25.9. The maximum absolute atomic E-state index is 11.0. The molecule has 0 radical (unpaired) electrons. The number of ketones is 1. The number of carbonyl (C=O) groups excluding carboxylic acids is 3. The Morgan fingerprint density at radius 1 is 0.935 bits per heavy atom. The van der Waals surface area contributed by atoms with Crippen LogP contribution in [0.25, 0.3) is 0 Å². The predicted octanol–water partition coefficient (Wildman–Crippen LogP) is 2.99. The second-order valence-corrected chi connectivity index (χ2v) is 6.63. The Morgan fingerprint density at radius 3 is 1.87 bits per heavy atom. The van der Waals surface area contributed by atoms with E-state index in [1.54, 1.807) is 42.5 Å². The summed E-state index contributed by atoms with van der Waals surface area (Å²) in [5.41, 5.74) is 1.54. The van der Waals surface area contributed by atoms with Gasteiger partial charge in [0.1, 0.15) is 24.7 Å². The molecule has 0 saturated heterocycles. The minimum absolute atomic E-state index is 0.00552. The molecule has 0 aromatic heterocycles. The molecule has 0 spiro atoms. The van der Waals surface area contributed by atoms with Gasteiger partial charge >= 0.3 is 0 Å². The summed E-state index contributed by atoms with van der Waals surface area (Å²) in [6.07, 6.45) is 0.638. The van der Waals surface area contributed by atoms with Crippen molar-refractivity contribution in [3.8, 4) is 11.5 Å². The zero-order chi connectivity index (χ0) is 23.2. The molecule has 0 atom stereocenters. The molecule has 10 heteroatoms. The highest BCUT2D eigenvalue weighted by atomic mass is 35.5. The van der Waals surface area contributed by atoms with Crippen LogP contribution in [0.15, 0.2) is 42.5 Å². The van der Waals surface area contributed by atoms with Crippen molar-refractivity contribution in [3.63, 3.8) is 0 Å². The molecule has 0 aliphatic carbocycles. The van der Waals surface area contributed by atoms with Crippen molar-refractivity contribution in [3.05, 3.63) is 58.6 Å². The Balaban J connectivity index is 0.000000311. The van der Waals surface area contributed by atoms with Gasteiger partial charge in [-0.1, -0.05) is 11.6 Å². The van der Waals surface area contributed by atoms with Gasteiger partial charge in [-0.05, 0) is 61.9 Å². The smallest absolute Gasteiger partial charge is 0.233 e. The molecule has 0 heterocycles. The molecule has 0 aliphatic rings. The number of carbonyl (C=O) groups is 3. The predicted molar refractivity (Wildman–Crippen MR) is 113 cm³/mol. The van der Waals surface area contributed by atoms with E-state index in [0.29, 0.717) is 45.0 Å². The van der Waals surface area contributed by atoms with E-state index in [4.69, 9.17) is 31.5 Å². The van der Waals surface area contributed by atoms with Gasteiger partial charge in [0.05, 0.1) is 13.1 Å². The third-order valence-electron chi connectivity index (χ3n) is 3.81. The SMILES string of the molecule is CC(=O)c1ccc(OCCN(O)C=O)cc1.Cc1cc(OCCN(O)C=O)ccc1Cl. The normalized spacial score (nSPS) is 9.71. The van der Waals surface area contributed by atoms with Crippen molar-refractivity contribution in [1.82, 2.24) is 10.1 Å². The molecule has 2 amide bonds. The fraction of sp³-hybridized carbons (Fsp3) is 0.286. The molecule has 2 aromatic rings. The van der Waals surface area contributed by atoms with Gasteiger partial charge < -0.3 is 9.47 Å². The average molecular weight is 453 g/mol. The Morgan fingerprint density at radius 2 is 1.42 bits per heavy atom. The number of hydroxylamine groups is 4. The van der Waals surface area contributed by atoms with Crippen molar-refractivity contribution >= 4 is 30.2 Å². The van der Waals surface area contributed by atoms with Crippen LogP contribution in [-0.2, 0) is 9.59 Å². The van der Waals surface area contributed by atoms with Gasteiger partial charge in [-0.2, -0.15) is 0 Å². The third kappa shape index (κ3) is 10.4. The second kappa shape index (κ2) is 14.0. The topological polar surface area (TPSA) is 117 Å². The van der Waals surface area contributed by atoms with Gasteiger partial charge in [0.15, 0.2) is 5.78 Å². The number of nitrogens with zero attached hydrogens (tertiary/aromatic N) is 2. The maximum atomic E-state index is 11.0. The first-order valence-corrected chi connectivity index (χ1v) is 9.59. The first-order valence-electron chi connectivity index (χ1n) is 9.21. The number of Topliss-reactive ketones (excluding diaryl/α,β-unsaturated/α-hetero) is 1. The van der Waals surface area contributed by atoms with Gasteiger partial charge in [0.25, 0.3) is 0 Å². The fourth-order valence-corrected chi connectivity index (χ4v) is 2.23. The van der Waals surface area contributed by atoms with E-state index in [2.05, 4.69) is 0 Å². The number of amides is 2. The first-order chi connectivity index (χ1) is 14.8. The quantitative estimate of drug-likeness (QED) is 0.233. The molecule has 0 fully saturated rings. The van der Waals surface area contributed by atoms with E-state index >= 15 is 0 Å². The number of hydrogen-bond donors (Lipinski definition) is 2. The molecular weight excluding hydrogens is 428 g/mol. The van der Waals surface area contributed by atoms with Crippen molar-refractivity contribution in [2.75, 3.05) is 26.3 Å². The minimum Gasteiger partial charge on any atom is -0.492 e. The summed E-state index contributed by atoms with van der Waals surface area (Å²) in [5.74, 6) is 1.24. The van der Waals surface area contributed by atoms with E-state index < -0.39 is 0 Å². The van der Waals surface area contributed by atoms with Gasteiger partial charge in [0, 0.05) is 10.6 Å². The van der Waals surface area contributed by atoms with Crippen LogP contribution in [0.2, 0.25) is 5.02 Å². The summed E-state index contributed by atoms with van der Waals surface area (Å²) in [6.45, 7) is 4.01. The lowest BCUT2D eigenvalue weighted by Gasteiger charge is -2.10. The number of rotatable bonds is 11. The van der Waals surface area contributed by atoms with Gasteiger partial charge in [-0.25, -0.2) is 10.1 Å². The van der Waals surface area contributed by atoms with Gasteiger partial charge in [-0.3, -0.25) is 24.8 Å². The molecule has 9 nitrogen and oxygen atoms in total. The lowest BCUT2D eigenvalue weighted by atomic mass is 10.1. The van der Waals surface area contributed by atoms with Crippen LogP contribution in [0.1, 0.15) is 22.8 Å². The van der Waals surface area contributed by atoms with Gasteiger partial charge in [-0.15, -0.1) is 0 Å². The number of benzene rings is 2. The number of aryl methyl sites for hydroxylation is 1. The summed E-state index contributed by atoms with van der Waals surface area (Å²) in [5, 5.41) is 19.3. The van der Waals surface area contributed by atoms with Crippen molar-refractivity contribution in [1.29, 1.82) is 0 Å². The van der Waals surface area contributed by atoms with Crippen LogP contribution in [0.4, 0.5) is 0 Å². The van der Waals surface area contributed by atoms with E-state index in [-0.39, 0.29) is 32.1 Å². The van der Waals surface area contributed by atoms with E-state index in [1.807, 2.05) is 6.92 Å². The Labute approximate surface area is 185 Å². The molecule has 168 valence electrons. The molecular formula is C21H25ClN2O7. The summed E-state index contributed by atoms with van der Waals surface area (Å²) < 4.78 is 10.5. The van der Waals surface area contributed by atoms with Crippen LogP contribution in [-0.4, -0.2) is 65.4 Å². The summed E-state index contributed by atoms with van der Waals surface area (Å²) >= 11 is 5.84. The van der Waals surface area contributed by atoms with Crippen LogP contribution in [0.5, 0.6) is 11.5 Å². The number of halogens is 1. The highest BCUT2D eigenvalue weighted by molar-refractivity contribution is 6.31. The maximum Gasteiger partial charge on any atom is 0.233 e. The minimum atomic E-state index is -0.00552. The molecule has 0 bridgehead atoms. The zero-order valence-corrected chi connectivity index (χ0v) is 18.0. The van der Waals surface area contributed by atoms with E-state index in [1.165, 1.54) is 6.92 Å². The highest BCUT2D eigenvalue weighted by Gasteiger charge is 2.01. The third-order valence-corrected chi connectivity index (χ3v) is 4.24. The second-order valence-electron chi connectivity index (χ2n) is 6.23. The van der Waals surface area contributed by atoms with Crippen LogP contribution < -0.4 is 9.47 Å².